The quantitative estimate of drug-likeness (QED) is 0.874. The molecule has 0 saturated heterocycles. The number of hydrogen-bond acceptors (Lipinski definition) is 2. The fraction of sp³-hybridized carbons (Fsp3) is 0.357. The Hall–Kier alpha value is -1.77. The number of aromatic nitrogens is 2. The molecule has 1 N–H and O–H groups in total. The number of nitrogens with zero attached hydrogens (tertiary/aromatic N) is 2. The molecular formula is C14H18N2O. The van der Waals surface area contributed by atoms with Crippen LogP contribution in [0.5, 0.6) is 5.75 Å². The molecule has 0 fully saturated rings. The molecule has 90 valence electrons. The number of aryl methyl sites for hydroxylation is 2. The molecule has 17 heavy (non-hydrogen) atoms. The Labute approximate surface area is 102 Å². The van der Waals surface area contributed by atoms with Crippen LogP contribution in [0.15, 0.2) is 30.3 Å². The first-order valence-corrected chi connectivity index (χ1v) is 6.05. The van der Waals surface area contributed by atoms with E-state index in [2.05, 4.69) is 12.0 Å². The third-order valence-corrected chi connectivity index (χ3v) is 2.87. The highest BCUT2D eigenvalue weighted by Crippen LogP contribution is 2.31. The molecule has 2 aromatic rings. The van der Waals surface area contributed by atoms with E-state index in [9.17, 15) is 5.11 Å². The number of aromatic hydroxyl groups is 1. The lowest BCUT2D eigenvalue weighted by Crippen LogP contribution is -2.02. The normalized spacial score (nSPS) is 10.7. The lowest BCUT2D eigenvalue weighted by atomic mass is 10.1. The van der Waals surface area contributed by atoms with Gasteiger partial charge in [-0.15, -0.1) is 0 Å². The van der Waals surface area contributed by atoms with Crippen LogP contribution in [-0.4, -0.2) is 14.9 Å². The van der Waals surface area contributed by atoms with Crippen LogP contribution in [-0.2, 0) is 6.54 Å². The smallest absolute Gasteiger partial charge is 0.164 e. The minimum absolute atomic E-state index is 0.298. The Morgan fingerprint density at radius 1 is 1.24 bits per heavy atom. The summed E-state index contributed by atoms with van der Waals surface area (Å²) in [6, 6.07) is 9.92. The molecular weight excluding hydrogens is 212 g/mol. The van der Waals surface area contributed by atoms with E-state index >= 15 is 0 Å². The second-order valence-electron chi connectivity index (χ2n) is 4.23. The maximum Gasteiger partial charge on any atom is 0.164 e. The van der Waals surface area contributed by atoms with Gasteiger partial charge in [-0.25, -0.2) is 0 Å². The molecule has 0 saturated carbocycles. The van der Waals surface area contributed by atoms with Gasteiger partial charge in [0.15, 0.2) is 5.75 Å². The van der Waals surface area contributed by atoms with E-state index in [1.165, 1.54) is 0 Å². The van der Waals surface area contributed by atoms with Gasteiger partial charge in [-0.1, -0.05) is 43.7 Å². The average molecular weight is 230 g/mol. The summed E-state index contributed by atoms with van der Waals surface area (Å²) in [5.41, 5.74) is 2.54. The van der Waals surface area contributed by atoms with E-state index in [-0.39, 0.29) is 0 Å². The Kier molecular flexibility index (Phi) is 3.47. The van der Waals surface area contributed by atoms with Crippen molar-refractivity contribution in [2.24, 2.45) is 0 Å². The summed E-state index contributed by atoms with van der Waals surface area (Å²) in [7, 11) is 0. The van der Waals surface area contributed by atoms with Gasteiger partial charge in [0.05, 0.1) is 0 Å². The molecule has 3 nitrogen and oxygen atoms in total. The summed E-state index contributed by atoms with van der Waals surface area (Å²) in [5, 5.41) is 14.5. The van der Waals surface area contributed by atoms with Crippen molar-refractivity contribution >= 4 is 0 Å². The maximum atomic E-state index is 10.1. The van der Waals surface area contributed by atoms with Gasteiger partial charge in [0, 0.05) is 12.1 Å². The predicted molar refractivity (Wildman–Crippen MR) is 69.0 cm³/mol. The topological polar surface area (TPSA) is 38.0 Å². The summed E-state index contributed by atoms with van der Waals surface area (Å²) < 4.78 is 1.91. The first kappa shape index (κ1) is 11.7. The zero-order valence-corrected chi connectivity index (χ0v) is 10.3. The van der Waals surface area contributed by atoms with E-state index in [0.29, 0.717) is 11.4 Å². The second-order valence-corrected chi connectivity index (χ2v) is 4.23. The SMILES string of the molecule is CCCCn1nc(C)c(O)c1-c1ccccc1. The molecule has 1 heterocycles. The van der Waals surface area contributed by atoms with E-state index in [4.69, 9.17) is 0 Å². The van der Waals surface area contributed by atoms with Gasteiger partial charge in [-0.05, 0) is 13.3 Å². The van der Waals surface area contributed by atoms with Crippen LogP contribution in [0.4, 0.5) is 0 Å². The molecule has 2 rings (SSSR count). The third-order valence-electron chi connectivity index (χ3n) is 2.87. The van der Waals surface area contributed by atoms with Crippen LogP contribution in [0, 0.1) is 6.92 Å². The molecule has 0 amide bonds. The van der Waals surface area contributed by atoms with Crippen LogP contribution < -0.4 is 0 Å². The average Bonchev–Trinajstić information content (AvgIpc) is 2.64. The molecule has 1 aromatic carbocycles. The van der Waals surface area contributed by atoms with Gasteiger partial charge in [0.1, 0.15) is 11.4 Å². The van der Waals surface area contributed by atoms with E-state index in [0.717, 1.165) is 30.6 Å². The number of hydrogen-bond donors (Lipinski definition) is 1. The number of unbranched alkanes of at least 4 members (excludes halogenated alkanes) is 1. The molecule has 0 aliphatic rings. The first-order valence-electron chi connectivity index (χ1n) is 6.05. The minimum atomic E-state index is 0.298. The second kappa shape index (κ2) is 5.04. The zero-order chi connectivity index (χ0) is 12.3. The molecule has 0 bridgehead atoms. The highest BCUT2D eigenvalue weighted by atomic mass is 16.3. The molecule has 0 spiro atoms. The van der Waals surface area contributed by atoms with Gasteiger partial charge in [0.25, 0.3) is 0 Å². The van der Waals surface area contributed by atoms with Crippen LogP contribution in [0.1, 0.15) is 25.5 Å². The predicted octanol–water partition coefficient (Wildman–Crippen LogP) is 3.36. The Morgan fingerprint density at radius 3 is 2.59 bits per heavy atom. The van der Waals surface area contributed by atoms with Crippen molar-refractivity contribution in [1.82, 2.24) is 9.78 Å². The van der Waals surface area contributed by atoms with Crippen molar-refractivity contribution in [1.29, 1.82) is 0 Å². The lowest BCUT2D eigenvalue weighted by molar-refractivity contribution is 0.472. The Balaban J connectivity index is 2.44. The van der Waals surface area contributed by atoms with E-state index in [1.54, 1.807) is 0 Å². The highest BCUT2D eigenvalue weighted by molar-refractivity contribution is 5.67. The molecule has 0 unspecified atom stereocenters. The molecule has 0 aliphatic carbocycles. The summed E-state index contributed by atoms with van der Waals surface area (Å²) >= 11 is 0. The van der Waals surface area contributed by atoms with Crippen LogP contribution >= 0.6 is 0 Å². The van der Waals surface area contributed by atoms with Gasteiger partial charge in [-0.3, -0.25) is 4.68 Å². The van der Waals surface area contributed by atoms with Crippen molar-refractivity contribution in [3.8, 4) is 17.0 Å². The van der Waals surface area contributed by atoms with Crippen molar-refractivity contribution < 1.29 is 5.11 Å². The summed E-state index contributed by atoms with van der Waals surface area (Å²) in [6.45, 7) is 4.84. The molecule has 0 radical (unpaired) electrons. The first-order chi connectivity index (χ1) is 8.24. The van der Waals surface area contributed by atoms with Gasteiger partial charge in [0.2, 0.25) is 0 Å². The van der Waals surface area contributed by atoms with Crippen molar-refractivity contribution in [2.45, 2.75) is 33.2 Å². The summed E-state index contributed by atoms with van der Waals surface area (Å²) in [6.07, 6.45) is 2.19. The van der Waals surface area contributed by atoms with Crippen molar-refractivity contribution in [2.75, 3.05) is 0 Å². The summed E-state index contributed by atoms with van der Waals surface area (Å²) in [5.74, 6) is 0.298. The zero-order valence-electron chi connectivity index (χ0n) is 10.3. The largest absolute Gasteiger partial charge is 0.504 e. The molecule has 1 aromatic heterocycles. The number of benzene rings is 1. The van der Waals surface area contributed by atoms with E-state index < -0.39 is 0 Å². The van der Waals surface area contributed by atoms with Gasteiger partial charge < -0.3 is 5.11 Å². The molecule has 3 heteroatoms. The van der Waals surface area contributed by atoms with Crippen molar-refractivity contribution in [3.63, 3.8) is 0 Å². The lowest BCUT2D eigenvalue weighted by Gasteiger charge is -2.06. The fourth-order valence-electron chi connectivity index (χ4n) is 1.92. The van der Waals surface area contributed by atoms with Crippen LogP contribution in [0.25, 0.3) is 11.3 Å². The minimum Gasteiger partial charge on any atom is -0.504 e. The number of rotatable bonds is 4. The standard InChI is InChI=1S/C14H18N2O/c1-3-4-10-16-13(14(17)11(2)15-16)12-8-6-5-7-9-12/h5-9,17H,3-4,10H2,1-2H3. The Bertz CT molecular complexity index is 488. The van der Waals surface area contributed by atoms with Crippen molar-refractivity contribution in [3.05, 3.63) is 36.0 Å². The van der Waals surface area contributed by atoms with Crippen LogP contribution in [0.3, 0.4) is 0 Å². The molecule has 0 atom stereocenters. The Morgan fingerprint density at radius 2 is 1.94 bits per heavy atom. The molecule has 0 aliphatic heterocycles. The monoisotopic (exact) mass is 230 g/mol. The van der Waals surface area contributed by atoms with Crippen LogP contribution in [0.2, 0.25) is 0 Å². The van der Waals surface area contributed by atoms with Gasteiger partial charge in [-0.2, -0.15) is 5.10 Å². The highest BCUT2D eigenvalue weighted by Gasteiger charge is 2.15. The fourth-order valence-corrected chi connectivity index (χ4v) is 1.92. The maximum absolute atomic E-state index is 10.1. The van der Waals surface area contributed by atoms with E-state index in [1.807, 2.05) is 41.9 Å². The van der Waals surface area contributed by atoms with Gasteiger partial charge >= 0.3 is 0 Å². The summed E-state index contributed by atoms with van der Waals surface area (Å²) in [4.78, 5) is 0. The third kappa shape index (κ3) is 2.33.